The van der Waals surface area contributed by atoms with Gasteiger partial charge < -0.3 is 5.11 Å². The highest BCUT2D eigenvalue weighted by Gasteiger charge is 2.01. The summed E-state index contributed by atoms with van der Waals surface area (Å²) in [4.78, 5) is 0. The first-order valence-electron chi connectivity index (χ1n) is 6.38. The topological polar surface area (TPSA) is 20.2 Å². The second-order valence-electron chi connectivity index (χ2n) is 4.63. The lowest BCUT2D eigenvalue weighted by Crippen LogP contribution is -1.81. The average molecular weight is 264 g/mol. The highest BCUT2D eigenvalue weighted by Crippen LogP contribution is 2.26. The van der Waals surface area contributed by atoms with Crippen molar-refractivity contribution in [1.82, 2.24) is 0 Å². The molecule has 0 aliphatic rings. The summed E-state index contributed by atoms with van der Waals surface area (Å²) in [5.74, 6) is 0.0335. The van der Waals surface area contributed by atoms with Crippen LogP contribution in [0.3, 0.4) is 0 Å². The monoisotopic (exact) mass is 264 g/mol. The summed E-state index contributed by atoms with van der Waals surface area (Å²) in [6.07, 6.45) is 0. The molecule has 1 N–H and O–H groups in total. The van der Waals surface area contributed by atoms with Crippen LogP contribution in [0.2, 0.25) is 0 Å². The zero-order valence-corrected chi connectivity index (χ0v) is 10.8. The number of hydrogen-bond acceptors (Lipinski definition) is 1. The molecule has 0 atom stereocenters. The van der Waals surface area contributed by atoms with Crippen molar-refractivity contribution in [3.63, 3.8) is 0 Å². The van der Waals surface area contributed by atoms with Crippen molar-refractivity contribution in [1.29, 1.82) is 0 Å². The first kappa shape index (κ1) is 12.4. The van der Waals surface area contributed by atoms with Gasteiger partial charge in [-0.25, -0.2) is 4.39 Å². The highest BCUT2D eigenvalue weighted by atomic mass is 19.1. The van der Waals surface area contributed by atoms with Crippen LogP contribution in [-0.4, -0.2) is 5.11 Å². The Balaban J connectivity index is 1.91. The fourth-order valence-corrected chi connectivity index (χ4v) is 2.15. The van der Waals surface area contributed by atoms with E-state index >= 15 is 0 Å². The number of phenolic OH excluding ortho intramolecular Hbond substituents is 1. The third-order valence-electron chi connectivity index (χ3n) is 3.26. The first-order valence-corrected chi connectivity index (χ1v) is 6.38. The molecule has 0 aromatic heterocycles. The Hall–Kier alpha value is -2.61. The highest BCUT2D eigenvalue weighted by molar-refractivity contribution is 5.70. The number of benzene rings is 3. The molecular formula is C18H13FO. The summed E-state index contributed by atoms with van der Waals surface area (Å²) in [6.45, 7) is 0. The third kappa shape index (κ3) is 2.54. The molecule has 0 aliphatic carbocycles. The van der Waals surface area contributed by atoms with Crippen LogP contribution in [0.15, 0.2) is 72.8 Å². The summed E-state index contributed by atoms with van der Waals surface area (Å²) in [5, 5.41) is 9.29. The van der Waals surface area contributed by atoms with Crippen molar-refractivity contribution in [3.05, 3.63) is 78.6 Å². The van der Waals surface area contributed by atoms with Gasteiger partial charge in [0.2, 0.25) is 0 Å². The van der Waals surface area contributed by atoms with Gasteiger partial charge in [-0.3, -0.25) is 0 Å². The molecule has 0 saturated carbocycles. The van der Waals surface area contributed by atoms with Gasteiger partial charge in [-0.2, -0.15) is 0 Å². The van der Waals surface area contributed by atoms with Crippen LogP contribution < -0.4 is 0 Å². The zero-order valence-electron chi connectivity index (χ0n) is 10.8. The first-order chi connectivity index (χ1) is 9.72. The molecule has 3 aromatic carbocycles. The smallest absolute Gasteiger partial charge is 0.123 e. The van der Waals surface area contributed by atoms with E-state index in [1.165, 1.54) is 12.1 Å². The summed E-state index contributed by atoms with van der Waals surface area (Å²) >= 11 is 0. The number of rotatable bonds is 2. The van der Waals surface area contributed by atoms with Gasteiger partial charge >= 0.3 is 0 Å². The predicted octanol–water partition coefficient (Wildman–Crippen LogP) is 4.87. The van der Waals surface area contributed by atoms with Gasteiger partial charge in [-0.15, -0.1) is 0 Å². The van der Waals surface area contributed by atoms with Crippen LogP contribution in [0.25, 0.3) is 22.3 Å². The standard InChI is InChI=1S/C18H13FO/c19-17-9-5-15(6-10-17)13-1-3-14(4-2-13)16-7-11-18(20)12-8-16/h1-12,20H. The molecule has 1 nitrogen and oxygen atoms in total. The Morgan fingerprint density at radius 1 is 0.500 bits per heavy atom. The van der Waals surface area contributed by atoms with E-state index in [-0.39, 0.29) is 11.6 Å². The van der Waals surface area contributed by atoms with Gasteiger partial charge in [0.25, 0.3) is 0 Å². The zero-order chi connectivity index (χ0) is 13.9. The van der Waals surface area contributed by atoms with Crippen molar-refractivity contribution in [3.8, 4) is 28.0 Å². The van der Waals surface area contributed by atoms with Gasteiger partial charge in [-0.1, -0.05) is 48.5 Å². The van der Waals surface area contributed by atoms with Gasteiger partial charge in [0.15, 0.2) is 0 Å². The molecule has 98 valence electrons. The molecule has 2 heteroatoms. The van der Waals surface area contributed by atoms with Crippen LogP contribution in [0.5, 0.6) is 5.75 Å². The second kappa shape index (κ2) is 5.17. The maximum absolute atomic E-state index is 12.9. The summed E-state index contributed by atoms with van der Waals surface area (Å²) < 4.78 is 12.9. The summed E-state index contributed by atoms with van der Waals surface area (Å²) in [6, 6.07) is 21.6. The molecule has 0 aliphatic heterocycles. The lowest BCUT2D eigenvalue weighted by Gasteiger charge is -2.05. The maximum atomic E-state index is 12.9. The van der Waals surface area contributed by atoms with Gasteiger partial charge in [0.1, 0.15) is 11.6 Å². The van der Waals surface area contributed by atoms with E-state index in [2.05, 4.69) is 0 Å². The number of hydrogen-bond donors (Lipinski definition) is 1. The molecule has 0 radical (unpaired) electrons. The Morgan fingerprint density at radius 3 is 1.20 bits per heavy atom. The van der Waals surface area contributed by atoms with Crippen LogP contribution in [-0.2, 0) is 0 Å². The van der Waals surface area contributed by atoms with Crippen molar-refractivity contribution in [2.45, 2.75) is 0 Å². The van der Waals surface area contributed by atoms with Crippen molar-refractivity contribution >= 4 is 0 Å². The lowest BCUT2D eigenvalue weighted by molar-refractivity contribution is 0.475. The largest absolute Gasteiger partial charge is 0.508 e. The van der Waals surface area contributed by atoms with Crippen LogP contribution >= 0.6 is 0 Å². The number of phenols is 1. The fourth-order valence-electron chi connectivity index (χ4n) is 2.15. The van der Waals surface area contributed by atoms with E-state index in [9.17, 15) is 9.50 Å². The molecule has 0 heterocycles. The minimum absolute atomic E-state index is 0.227. The van der Waals surface area contributed by atoms with E-state index in [1.54, 1.807) is 24.3 Å². The molecule has 3 rings (SSSR count). The number of aromatic hydroxyl groups is 1. The normalized spacial score (nSPS) is 10.4. The molecule has 0 spiro atoms. The molecule has 20 heavy (non-hydrogen) atoms. The Labute approximate surface area is 117 Å². The molecular weight excluding hydrogens is 251 g/mol. The van der Waals surface area contributed by atoms with E-state index in [0.29, 0.717) is 0 Å². The van der Waals surface area contributed by atoms with Crippen molar-refractivity contribution in [2.24, 2.45) is 0 Å². The summed E-state index contributed by atoms with van der Waals surface area (Å²) in [7, 11) is 0. The minimum Gasteiger partial charge on any atom is -0.508 e. The Bertz CT molecular complexity index is 633. The SMILES string of the molecule is Oc1ccc(-c2ccc(-c3ccc(F)cc3)cc2)cc1. The lowest BCUT2D eigenvalue weighted by atomic mass is 10.0. The van der Waals surface area contributed by atoms with E-state index in [4.69, 9.17) is 0 Å². The Morgan fingerprint density at radius 2 is 0.800 bits per heavy atom. The maximum Gasteiger partial charge on any atom is 0.123 e. The predicted molar refractivity (Wildman–Crippen MR) is 78.9 cm³/mol. The van der Waals surface area contributed by atoms with Crippen LogP contribution in [0, 0.1) is 5.82 Å². The minimum atomic E-state index is -0.227. The molecule has 0 unspecified atom stereocenters. The van der Waals surface area contributed by atoms with Gasteiger partial charge in [0, 0.05) is 0 Å². The quantitative estimate of drug-likeness (QED) is 0.700. The van der Waals surface area contributed by atoms with Gasteiger partial charge in [0.05, 0.1) is 0 Å². The molecule has 0 amide bonds. The molecule has 0 saturated heterocycles. The second-order valence-corrected chi connectivity index (χ2v) is 4.63. The fraction of sp³-hybridized carbons (Fsp3) is 0. The third-order valence-corrected chi connectivity index (χ3v) is 3.26. The van der Waals surface area contributed by atoms with Crippen molar-refractivity contribution in [2.75, 3.05) is 0 Å². The van der Waals surface area contributed by atoms with Crippen LogP contribution in [0.4, 0.5) is 4.39 Å². The molecule has 0 fully saturated rings. The van der Waals surface area contributed by atoms with E-state index < -0.39 is 0 Å². The van der Waals surface area contributed by atoms with Gasteiger partial charge in [-0.05, 0) is 46.5 Å². The molecule has 3 aromatic rings. The van der Waals surface area contributed by atoms with E-state index in [0.717, 1.165) is 22.3 Å². The van der Waals surface area contributed by atoms with Crippen LogP contribution in [0.1, 0.15) is 0 Å². The summed E-state index contributed by atoms with van der Waals surface area (Å²) in [5.41, 5.74) is 4.17. The van der Waals surface area contributed by atoms with Crippen molar-refractivity contribution < 1.29 is 9.50 Å². The molecule has 0 bridgehead atoms. The van der Waals surface area contributed by atoms with E-state index in [1.807, 2.05) is 36.4 Å². The number of halogens is 1. The average Bonchev–Trinajstić information content (AvgIpc) is 2.49. The Kier molecular flexibility index (Phi) is 3.21.